The maximum Gasteiger partial charge on any atom is 0.511 e. The van der Waals surface area contributed by atoms with Crippen LogP contribution in [0.3, 0.4) is 0 Å². The molecule has 0 amide bonds. The number of aryl methyl sites for hydroxylation is 1. The van der Waals surface area contributed by atoms with E-state index >= 15 is 0 Å². The van der Waals surface area contributed by atoms with E-state index in [1.807, 2.05) is 6.92 Å². The van der Waals surface area contributed by atoms with E-state index < -0.39 is 10.5 Å². The molecule has 0 aromatic heterocycles. The number of hydrogen-bond acceptors (Lipinski definition) is 2. The van der Waals surface area contributed by atoms with Crippen LogP contribution < -0.4 is 0 Å². The minimum atomic E-state index is -2.85. The van der Waals surface area contributed by atoms with E-state index in [4.69, 9.17) is 0 Å². The Balaban J connectivity index is 3.24. The minimum absolute atomic E-state index is 0.00827. The van der Waals surface area contributed by atoms with Gasteiger partial charge in [-0.15, -0.1) is 8.42 Å². The number of rotatable bonds is 1. The lowest BCUT2D eigenvalue weighted by Crippen LogP contribution is -1.88. The fourth-order valence-corrected chi connectivity index (χ4v) is 1.04. The molecule has 0 bridgehead atoms. The highest BCUT2D eigenvalue weighted by Crippen LogP contribution is 2.12. The van der Waals surface area contributed by atoms with Crippen LogP contribution in [0.15, 0.2) is 24.3 Å². The van der Waals surface area contributed by atoms with Gasteiger partial charge in [-0.2, -0.15) is 0 Å². The fourth-order valence-electron chi connectivity index (χ4n) is 0.748. The van der Waals surface area contributed by atoms with Crippen LogP contribution in [0, 0.1) is 6.92 Å². The lowest BCUT2D eigenvalue weighted by Gasteiger charge is -1.86. The molecule has 0 saturated heterocycles. The van der Waals surface area contributed by atoms with E-state index in [2.05, 4.69) is 0 Å². The van der Waals surface area contributed by atoms with Gasteiger partial charge >= 0.3 is 10.5 Å². The molecule has 64 valence electrons. The smallest absolute Gasteiger partial charge is 0.119 e. The van der Waals surface area contributed by atoms with Crippen LogP contribution in [-0.4, -0.2) is 12.6 Å². The summed E-state index contributed by atoms with van der Waals surface area (Å²) in [6.07, 6.45) is 0. The van der Waals surface area contributed by atoms with E-state index in [1.54, 1.807) is 12.1 Å². The summed E-state index contributed by atoms with van der Waals surface area (Å²) in [5.41, 5.74) is 0.956. The van der Waals surface area contributed by atoms with Gasteiger partial charge in [0.25, 0.3) is 5.69 Å². The average Bonchev–Trinajstić information content (AvgIpc) is 2.04. The molecule has 0 atom stereocenters. The van der Waals surface area contributed by atoms with Crippen molar-refractivity contribution in [1.29, 1.82) is 0 Å². The molecule has 0 N–H and O–H groups in total. The number of hydrogen-bond donors (Lipinski definition) is 0. The van der Waals surface area contributed by atoms with Crippen LogP contribution in [0.4, 0.5) is 10.2 Å². The van der Waals surface area contributed by atoms with Crippen LogP contribution >= 0.6 is 0 Å². The average molecular weight is 188 g/mol. The minimum Gasteiger partial charge on any atom is -0.119 e. The third kappa shape index (κ3) is 1.88. The van der Waals surface area contributed by atoms with Crippen LogP contribution in [0.5, 0.6) is 0 Å². The Labute approximate surface area is 70.7 Å². The van der Waals surface area contributed by atoms with Gasteiger partial charge in [0.05, 0.1) is 0 Å². The summed E-state index contributed by atoms with van der Waals surface area (Å²) in [6, 6.07) is 6.06. The Kier molecular flexibility index (Phi) is 2.54. The summed E-state index contributed by atoms with van der Waals surface area (Å²) in [6.45, 7) is 1.83. The van der Waals surface area contributed by atoms with Crippen molar-refractivity contribution in [3.8, 4) is 0 Å². The maximum atomic E-state index is 12.6. The van der Waals surface area contributed by atoms with Gasteiger partial charge in [0.1, 0.15) is 8.65 Å². The molecular formula is C7H7FNO2S+. The first-order chi connectivity index (χ1) is 5.61. The molecule has 1 rings (SSSR count). The number of halogens is 1. The van der Waals surface area contributed by atoms with Gasteiger partial charge in [0.15, 0.2) is 0 Å². The van der Waals surface area contributed by atoms with Crippen molar-refractivity contribution < 1.29 is 17.1 Å². The molecule has 0 fully saturated rings. The standard InChI is InChI=1S/C7H7FNO2S/c1-6-2-4-7(5-3-6)9(8)12(10)11/h2-5H,1H3/q+1. The number of benzene rings is 1. The molecule has 0 unspecified atom stereocenters. The van der Waals surface area contributed by atoms with E-state index in [9.17, 15) is 12.9 Å². The van der Waals surface area contributed by atoms with E-state index in [0.29, 0.717) is 0 Å². The Hall–Kier alpha value is -1.23. The lowest BCUT2D eigenvalue weighted by molar-refractivity contribution is -0.618. The third-order valence-corrected chi connectivity index (χ3v) is 1.84. The summed E-state index contributed by atoms with van der Waals surface area (Å²) in [7, 11) is -2.85. The van der Waals surface area contributed by atoms with Crippen molar-refractivity contribution in [3.05, 3.63) is 29.8 Å². The second-order valence-corrected chi connectivity index (χ2v) is 3.05. The molecule has 0 radical (unpaired) electrons. The molecule has 3 nitrogen and oxygen atoms in total. The van der Waals surface area contributed by atoms with Gasteiger partial charge < -0.3 is 0 Å². The molecule has 0 aliphatic rings. The predicted octanol–water partition coefficient (Wildman–Crippen LogP) is 1.59. The fraction of sp³-hybridized carbons (Fsp3) is 0.143. The van der Waals surface area contributed by atoms with Gasteiger partial charge in [-0.1, -0.05) is 17.7 Å². The second kappa shape index (κ2) is 3.44. The van der Waals surface area contributed by atoms with E-state index in [0.717, 1.165) is 5.56 Å². The number of nitrogens with zero attached hydrogens (tertiary/aromatic N) is 1. The summed E-state index contributed by atoms with van der Waals surface area (Å²) >= 11 is 0. The van der Waals surface area contributed by atoms with Gasteiger partial charge in [0, 0.05) is 12.1 Å². The van der Waals surface area contributed by atoms with Crippen LogP contribution in [0.1, 0.15) is 5.56 Å². The van der Waals surface area contributed by atoms with Crippen molar-refractivity contribution in [2.24, 2.45) is 0 Å². The van der Waals surface area contributed by atoms with Crippen molar-refractivity contribution in [2.75, 3.05) is 0 Å². The topological polar surface area (TPSA) is 37.1 Å². The molecular weight excluding hydrogens is 181 g/mol. The van der Waals surface area contributed by atoms with Gasteiger partial charge in [0.2, 0.25) is 0 Å². The lowest BCUT2D eigenvalue weighted by atomic mass is 10.2. The van der Waals surface area contributed by atoms with E-state index in [-0.39, 0.29) is 9.86 Å². The molecule has 5 heteroatoms. The van der Waals surface area contributed by atoms with Gasteiger partial charge in [-0.3, -0.25) is 0 Å². The first-order valence-corrected chi connectivity index (χ1v) is 4.26. The van der Waals surface area contributed by atoms with Crippen molar-refractivity contribution in [1.82, 2.24) is 0 Å². The summed E-state index contributed by atoms with van der Waals surface area (Å²) in [4.78, 5) is 0. The SMILES string of the molecule is Cc1ccc([N+](F)=S(=O)=O)cc1. The molecule has 12 heavy (non-hydrogen) atoms. The highest BCUT2D eigenvalue weighted by atomic mass is 32.2. The van der Waals surface area contributed by atoms with Crippen LogP contribution in [0.25, 0.3) is 0 Å². The Bertz CT molecular complexity index is 400. The molecule has 0 heterocycles. The third-order valence-electron chi connectivity index (χ3n) is 1.37. The summed E-state index contributed by atoms with van der Waals surface area (Å²) in [5, 5.41) is 0. The van der Waals surface area contributed by atoms with Crippen molar-refractivity contribution >= 4 is 16.2 Å². The molecule has 0 spiro atoms. The van der Waals surface area contributed by atoms with Gasteiger partial charge in [-0.25, -0.2) is 0 Å². The molecule has 1 aromatic carbocycles. The highest BCUT2D eigenvalue weighted by Gasteiger charge is 2.11. The molecule has 0 saturated carbocycles. The van der Waals surface area contributed by atoms with Crippen molar-refractivity contribution in [2.45, 2.75) is 6.92 Å². The largest absolute Gasteiger partial charge is 0.511 e. The van der Waals surface area contributed by atoms with E-state index in [1.165, 1.54) is 12.1 Å². The van der Waals surface area contributed by atoms with Crippen LogP contribution in [0.2, 0.25) is 0 Å². The predicted molar refractivity (Wildman–Crippen MR) is 41.1 cm³/mol. The maximum absolute atomic E-state index is 12.6. The zero-order chi connectivity index (χ0) is 9.14. The quantitative estimate of drug-likeness (QED) is 0.627. The Morgan fingerprint density at radius 3 is 2.17 bits per heavy atom. The Morgan fingerprint density at radius 2 is 1.75 bits per heavy atom. The molecule has 0 aliphatic carbocycles. The zero-order valence-electron chi connectivity index (χ0n) is 6.36. The first kappa shape index (κ1) is 8.86. The summed E-state index contributed by atoms with van der Waals surface area (Å²) < 4.78 is 32.6. The van der Waals surface area contributed by atoms with Crippen molar-refractivity contribution in [3.63, 3.8) is 0 Å². The summed E-state index contributed by atoms with van der Waals surface area (Å²) in [5.74, 6) is 0. The van der Waals surface area contributed by atoms with Crippen LogP contribution in [-0.2, 0) is 10.5 Å². The molecule has 0 aliphatic heterocycles. The zero-order valence-corrected chi connectivity index (χ0v) is 7.18. The second-order valence-electron chi connectivity index (χ2n) is 2.30. The Morgan fingerprint density at radius 1 is 1.25 bits per heavy atom. The highest BCUT2D eigenvalue weighted by molar-refractivity contribution is 7.59. The first-order valence-electron chi connectivity index (χ1n) is 3.23. The normalized spacial score (nSPS) is 9.50. The van der Waals surface area contributed by atoms with Gasteiger partial charge in [-0.05, 0) is 6.92 Å². The monoisotopic (exact) mass is 188 g/mol. The molecule has 1 aromatic rings.